The molecule has 1 amide bonds. The van der Waals surface area contributed by atoms with E-state index in [9.17, 15) is 9.90 Å². The highest BCUT2D eigenvalue weighted by atomic mass is 16.5. The zero-order chi connectivity index (χ0) is 13.8. The van der Waals surface area contributed by atoms with Crippen LogP contribution in [0, 0.1) is 0 Å². The molecule has 1 aromatic rings. The lowest BCUT2D eigenvalue weighted by Gasteiger charge is -2.17. The highest BCUT2D eigenvalue weighted by Gasteiger charge is 2.19. The molecule has 2 N–H and O–H groups in total. The van der Waals surface area contributed by atoms with Crippen molar-refractivity contribution in [2.24, 2.45) is 0 Å². The summed E-state index contributed by atoms with van der Waals surface area (Å²) in [4.78, 5) is 13.4. The van der Waals surface area contributed by atoms with E-state index < -0.39 is 0 Å². The van der Waals surface area contributed by atoms with Crippen molar-refractivity contribution in [3.8, 4) is 5.75 Å². The summed E-state index contributed by atoms with van der Waals surface area (Å²) in [5.41, 5.74) is 1.86. The molecule has 0 aromatic heterocycles. The first kappa shape index (κ1) is 13.8. The van der Waals surface area contributed by atoms with Crippen molar-refractivity contribution in [2.45, 2.75) is 26.0 Å². The number of amides is 1. The summed E-state index contributed by atoms with van der Waals surface area (Å²) in [7, 11) is 1.77. The Morgan fingerprint density at radius 3 is 3.05 bits per heavy atom. The third-order valence-corrected chi connectivity index (χ3v) is 3.10. The maximum Gasteiger partial charge on any atom is 0.230 e. The van der Waals surface area contributed by atoms with Gasteiger partial charge in [0.25, 0.3) is 0 Å². The normalized spacial score (nSPS) is 16.6. The van der Waals surface area contributed by atoms with E-state index in [2.05, 4.69) is 5.32 Å². The van der Waals surface area contributed by atoms with E-state index in [0.29, 0.717) is 26.1 Å². The minimum Gasteiger partial charge on any atom is -0.491 e. The van der Waals surface area contributed by atoms with Crippen molar-refractivity contribution in [3.63, 3.8) is 0 Å². The number of carbonyl (C=O) groups excluding carboxylic acids is 1. The molecule has 0 radical (unpaired) electrons. The monoisotopic (exact) mass is 264 g/mol. The summed E-state index contributed by atoms with van der Waals surface area (Å²) in [6, 6.07) is 5.81. The first-order chi connectivity index (χ1) is 9.08. The SMILES string of the molecule is CC(O)CNCc1ccc2c(c1)N(C)C(=O)CCO2. The van der Waals surface area contributed by atoms with Crippen molar-refractivity contribution >= 4 is 11.6 Å². The molecule has 0 spiro atoms. The highest BCUT2D eigenvalue weighted by Crippen LogP contribution is 2.31. The Bertz CT molecular complexity index is 460. The molecule has 2 rings (SSSR count). The lowest BCUT2D eigenvalue weighted by Crippen LogP contribution is -2.26. The van der Waals surface area contributed by atoms with E-state index in [-0.39, 0.29) is 12.0 Å². The fourth-order valence-electron chi connectivity index (χ4n) is 2.03. The van der Waals surface area contributed by atoms with Crippen LogP contribution in [0.3, 0.4) is 0 Å². The number of hydrogen-bond donors (Lipinski definition) is 2. The molecule has 19 heavy (non-hydrogen) atoms. The fraction of sp³-hybridized carbons (Fsp3) is 0.500. The average molecular weight is 264 g/mol. The standard InChI is InChI=1S/C14H20N2O3/c1-10(17)8-15-9-11-3-4-13-12(7-11)16(2)14(18)5-6-19-13/h3-4,7,10,15,17H,5-6,8-9H2,1-2H3. The number of nitrogens with zero attached hydrogens (tertiary/aromatic N) is 1. The van der Waals surface area contributed by atoms with Gasteiger partial charge < -0.3 is 20.1 Å². The number of rotatable bonds is 4. The fourth-order valence-corrected chi connectivity index (χ4v) is 2.03. The van der Waals surface area contributed by atoms with Gasteiger partial charge >= 0.3 is 0 Å². The second kappa shape index (κ2) is 6.04. The number of benzene rings is 1. The second-order valence-electron chi connectivity index (χ2n) is 4.83. The maximum absolute atomic E-state index is 11.8. The minimum absolute atomic E-state index is 0.0628. The number of nitrogens with one attached hydrogen (secondary N) is 1. The Morgan fingerprint density at radius 1 is 1.53 bits per heavy atom. The Kier molecular flexibility index (Phi) is 4.39. The van der Waals surface area contributed by atoms with Gasteiger partial charge in [-0.3, -0.25) is 4.79 Å². The average Bonchev–Trinajstić information content (AvgIpc) is 2.50. The van der Waals surface area contributed by atoms with Crippen LogP contribution in [0.4, 0.5) is 5.69 Å². The molecule has 5 nitrogen and oxygen atoms in total. The van der Waals surface area contributed by atoms with Crippen LogP contribution < -0.4 is 15.0 Å². The van der Waals surface area contributed by atoms with Gasteiger partial charge in [0.05, 0.1) is 24.8 Å². The lowest BCUT2D eigenvalue weighted by molar-refractivity contribution is -0.118. The molecule has 0 bridgehead atoms. The maximum atomic E-state index is 11.8. The number of hydrogen-bond acceptors (Lipinski definition) is 4. The molecule has 0 aliphatic carbocycles. The third kappa shape index (κ3) is 3.45. The summed E-state index contributed by atoms with van der Waals surface area (Å²) in [5.74, 6) is 0.806. The molecule has 5 heteroatoms. The summed E-state index contributed by atoms with van der Waals surface area (Å²) >= 11 is 0. The van der Waals surface area contributed by atoms with Crippen LogP contribution in [0.2, 0.25) is 0 Å². The Hall–Kier alpha value is -1.59. The Morgan fingerprint density at radius 2 is 2.32 bits per heavy atom. The van der Waals surface area contributed by atoms with Crippen LogP contribution in [-0.2, 0) is 11.3 Å². The molecule has 0 saturated heterocycles. The summed E-state index contributed by atoms with van der Waals surface area (Å²) < 4.78 is 5.56. The zero-order valence-corrected chi connectivity index (χ0v) is 11.3. The molecule has 0 saturated carbocycles. The van der Waals surface area contributed by atoms with E-state index in [1.54, 1.807) is 18.9 Å². The molecule has 1 aliphatic rings. The van der Waals surface area contributed by atoms with E-state index in [1.165, 1.54) is 0 Å². The van der Waals surface area contributed by atoms with E-state index in [1.807, 2.05) is 18.2 Å². The van der Waals surface area contributed by atoms with Crippen LogP contribution >= 0.6 is 0 Å². The smallest absolute Gasteiger partial charge is 0.230 e. The van der Waals surface area contributed by atoms with E-state index >= 15 is 0 Å². The topological polar surface area (TPSA) is 61.8 Å². The number of carbonyl (C=O) groups is 1. The van der Waals surface area contributed by atoms with Crippen LogP contribution in [0.25, 0.3) is 0 Å². The van der Waals surface area contributed by atoms with Gasteiger partial charge in [-0.2, -0.15) is 0 Å². The van der Waals surface area contributed by atoms with Gasteiger partial charge in [0.1, 0.15) is 5.75 Å². The molecular weight excluding hydrogens is 244 g/mol. The Balaban J connectivity index is 2.12. The van der Waals surface area contributed by atoms with Gasteiger partial charge in [-0.25, -0.2) is 0 Å². The quantitative estimate of drug-likeness (QED) is 0.848. The summed E-state index contributed by atoms with van der Waals surface area (Å²) in [6.07, 6.45) is 0.0364. The Labute approximate surface area is 113 Å². The van der Waals surface area contributed by atoms with Gasteiger partial charge in [-0.1, -0.05) is 6.07 Å². The zero-order valence-electron chi connectivity index (χ0n) is 11.3. The largest absolute Gasteiger partial charge is 0.491 e. The molecule has 1 unspecified atom stereocenters. The molecule has 1 atom stereocenters. The summed E-state index contributed by atoms with van der Waals surface area (Å²) in [5, 5.41) is 12.4. The van der Waals surface area contributed by atoms with Gasteiger partial charge in [0, 0.05) is 20.1 Å². The number of aliphatic hydroxyl groups is 1. The minimum atomic E-state index is -0.367. The van der Waals surface area contributed by atoms with Gasteiger partial charge in [0.2, 0.25) is 5.91 Å². The third-order valence-electron chi connectivity index (χ3n) is 3.10. The van der Waals surface area contributed by atoms with Crippen molar-refractivity contribution in [1.82, 2.24) is 5.32 Å². The number of fused-ring (bicyclic) bond motifs is 1. The van der Waals surface area contributed by atoms with Crippen LogP contribution in [-0.4, -0.2) is 37.3 Å². The molecule has 104 valence electrons. The first-order valence-electron chi connectivity index (χ1n) is 6.49. The number of ether oxygens (including phenoxy) is 1. The predicted molar refractivity (Wildman–Crippen MR) is 73.4 cm³/mol. The first-order valence-corrected chi connectivity index (χ1v) is 6.49. The highest BCUT2D eigenvalue weighted by molar-refractivity contribution is 5.95. The van der Waals surface area contributed by atoms with Crippen molar-refractivity contribution in [3.05, 3.63) is 23.8 Å². The van der Waals surface area contributed by atoms with Gasteiger partial charge in [-0.05, 0) is 24.6 Å². The van der Waals surface area contributed by atoms with Gasteiger partial charge in [-0.15, -0.1) is 0 Å². The van der Waals surface area contributed by atoms with Gasteiger partial charge in [0.15, 0.2) is 0 Å². The molecule has 1 aliphatic heterocycles. The lowest BCUT2D eigenvalue weighted by atomic mass is 10.1. The van der Waals surface area contributed by atoms with Crippen molar-refractivity contribution in [1.29, 1.82) is 0 Å². The van der Waals surface area contributed by atoms with Crippen LogP contribution in [0.1, 0.15) is 18.9 Å². The molecule has 1 heterocycles. The molecule has 1 aromatic carbocycles. The number of aliphatic hydroxyl groups excluding tert-OH is 1. The molecule has 0 fully saturated rings. The van der Waals surface area contributed by atoms with E-state index in [4.69, 9.17) is 4.74 Å². The number of anilines is 1. The van der Waals surface area contributed by atoms with Crippen LogP contribution in [0.5, 0.6) is 5.75 Å². The predicted octanol–water partition coefficient (Wildman–Crippen LogP) is 0.902. The van der Waals surface area contributed by atoms with Crippen molar-refractivity contribution in [2.75, 3.05) is 25.1 Å². The van der Waals surface area contributed by atoms with E-state index in [0.717, 1.165) is 17.0 Å². The second-order valence-corrected chi connectivity index (χ2v) is 4.83. The summed E-state index contributed by atoms with van der Waals surface area (Å²) in [6.45, 7) is 3.36. The van der Waals surface area contributed by atoms with Crippen molar-refractivity contribution < 1.29 is 14.6 Å². The molecular formula is C14H20N2O3. The van der Waals surface area contributed by atoms with Crippen LogP contribution in [0.15, 0.2) is 18.2 Å².